The fraction of sp³-hybridized carbons (Fsp3) is 0.600. The molecular weight excluding hydrogens is 288 g/mol. The molecule has 2 rings (SSSR count). The Morgan fingerprint density at radius 2 is 1.81 bits per heavy atom. The van der Waals surface area contributed by atoms with E-state index in [0.29, 0.717) is 26.2 Å². The molecule has 118 valence electrons. The van der Waals surface area contributed by atoms with E-state index in [2.05, 4.69) is 4.90 Å². The molecule has 1 aliphatic rings. The van der Waals surface area contributed by atoms with E-state index in [1.165, 1.54) is 0 Å². The number of unbranched alkanes of at least 4 members (excludes halogenated alkanes) is 1. The highest BCUT2D eigenvalue weighted by Crippen LogP contribution is 2.28. The Balaban J connectivity index is 2.00. The van der Waals surface area contributed by atoms with Gasteiger partial charge in [-0.15, -0.1) is 0 Å². The van der Waals surface area contributed by atoms with Crippen LogP contribution < -0.4 is 9.64 Å². The van der Waals surface area contributed by atoms with Crippen LogP contribution >= 0.6 is 0 Å². The molecule has 0 unspecified atom stereocenters. The third-order valence-corrected chi connectivity index (χ3v) is 5.77. The summed E-state index contributed by atoms with van der Waals surface area (Å²) in [6.07, 6.45) is 1.63. The lowest BCUT2D eigenvalue weighted by Gasteiger charge is -2.35. The first-order chi connectivity index (χ1) is 10.1. The van der Waals surface area contributed by atoms with Gasteiger partial charge in [-0.25, -0.2) is 8.42 Å². The van der Waals surface area contributed by atoms with E-state index in [4.69, 9.17) is 4.74 Å². The molecule has 1 heterocycles. The van der Waals surface area contributed by atoms with E-state index < -0.39 is 10.0 Å². The summed E-state index contributed by atoms with van der Waals surface area (Å²) in [5, 5.41) is 0. The van der Waals surface area contributed by atoms with Gasteiger partial charge in [-0.3, -0.25) is 0 Å². The van der Waals surface area contributed by atoms with Crippen molar-refractivity contribution in [2.75, 3.05) is 43.9 Å². The number of para-hydroxylation sites is 2. The van der Waals surface area contributed by atoms with Gasteiger partial charge < -0.3 is 9.64 Å². The third kappa shape index (κ3) is 3.89. The van der Waals surface area contributed by atoms with E-state index >= 15 is 0 Å². The second-order valence-electron chi connectivity index (χ2n) is 5.23. The van der Waals surface area contributed by atoms with Crippen molar-refractivity contribution in [2.24, 2.45) is 0 Å². The number of hydrogen-bond acceptors (Lipinski definition) is 4. The number of rotatable bonds is 6. The lowest BCUT2D eigenvalue weighted by molar-refractivity contribution is 0.378. The van der Waals surface area contributed by atoms with Crippen molar-refractivity contribution in [1.82, 2.24) is 4.31 Å². The normalized spacial score (nSPS) is 17.0. The predicted molar refractivity (Wildman–Crippen MR) is 85.5 cm³/mol. The average Bonchev–Trinajstić information content (AvgIpc) is 2.53. The zero-order valence-corrected chi connectivity index (χ0v) is 13.6. The van der Waals surface area contributed by atoms with Gasteiger partial charge in [-0.1, -0.05) is 25.5 Å². The first-order valence-corrected chi connectivity index (χ1v) is 9.05. The highest BCUT2D eigenvalue weighted by molar-refractivity contribution is 7.89. The number of nitrogens with zero attached hydrogens (tertiary/aromatic N) is 2. The molecule has 0 atom stereocenters. The molecule has 0 saturated carbocycles. The molecule has 0 radical (unpaired) electrons. The van der Waals surface area contributed by atoms with Crippen LogP contribution in [-0.4, -0.2) is 51.8 Å². The molecular formula is C15H24N2O3S. The third-order valence-electron chi connectivity index (χ3n) is 3.81. The van der Waals surface area contributed by atoms with Crippen LogP contribution in [0.4, 0.5) is 5.69 Å². The zero-order valence-electron chi connectivity index (χ0n) is 12.8. The topological polar surface area (TPSA) is 49.9 Å². The summed E-state index contributed by atoms with van der Waals surface area (Å²) in [4.78, 5) is 2.19. The highest BCUT2D eigenvalue weighted by atomic mass is 32.2. The predicted octanol–water partition coefficient (Wildman–Crippen LogP) is 1.95. The Labute approximate surface area is 127 Å². The van der Waals surface area contributed by atoms with Gasteiger partial charge in [0.1, 0.15) is 5.75 Å². The zero-order chi connectivity index (χ0) is 15.3. The summed E-state index contributed by atoms with van der Waals surface area (Å²) in [6.45, 7) is 4.50. The van der Waals surface area contributed by atoms with Gasteiger partial charge in [0.15, 0.2) is 0 Å². The molecule has 0 aromatic heterocycles. The van der Waals surface area contributed by atoms with E-state index in [1.807, 2.05) is 31.2 Å². The average molecular weight is 312 g/mol. The fourth-order valence-corrected chi connectivity index (χ4v) is 4.19. The number of sulfonamides is 1. The minimum atomic E-state index is -3.09. The van der Waals surface area contributed by atoms with E-state index in [0.717, 1.165) is 24.3 Å². The maximum Gasteiger partial charge on any atom is 0.214 e. The number of piperazine rings is 1. The first kappa shape index (κ1) is 16.1. The van der Waals surface area contributed by atoms with Crippen LogP contribution in [0.15, 0.2) is 24.3 Å². The van der Waals surface area contributed by atoms with Gasteiger partial charge in [0.05, 0.1) is 18.6 Å². The lowest BCUT2D eigenvalue weighted by Crippen LogP contribution is -2.49. The molecule has 0 N–H and O–H groups in total. The fourth-order valence-electron chi connectivity index (χ4n) is 2.55. The number of hydrogen-bond donors (Lipinski definition) is 0. The highest BCUT2D eigenvalue weighted by Gasteiger charge is 2.27. The molecule has 1 aromatic rings. The summed E-state index contributed by atoms with van der Waals surface area (Å²) in [7, 11) is -1.43. The maximum absolute atomic E-state index is 12.2. The summed E-state index contributed by atoms with van der Waals surface area (Å²) in [6, 6.07) is 7.86. The SMILES string of the molecule is CCCCS(=O)(=O)N1CCN(c2ccccc2OC)CC1. The Bertz CT molecular complexity index is 552. The molecule has 0 aliphatic carbocycles. The first-order valence-electron chi connectivity index (χ1n) is 7.44. The molecule has 6 heteroatoms. The number of methoxy groups -OCH3 is 1. The van der Waals surface area contributed by atoms with E-state index in [1.54, 1.807) is 11.4 Å². The van der Waals surface area contributed by atoms with Gasteiger partial charge in [-0.2, -0.15) is 4.31 Å². The number of anilines is 1. The van der Waals surface area contributed by atoms with Gasteiger partial charge in [0, 0.05) is 26.2 Å². The van der Waals surface area contributed by atoms with Gasteiger partial charge in [0.2, 0.25) is 10.0 Å². The number of ether oxygens (including phenoxy) is 1. The van der Waals surface area contributed by atoms with Crippen molar-refractivity contribution in [2.45, 2.75) is 19.8 Å². The standard InChI is InChI=1S/C15H24N2O3S/c1-3-4-13-21(18,19)17-11-9-16(10-12-17)14-7-5-6-8-15(14)20-2/h5-8H,3-4,9-13H2,1-2H3. The van der Waals surface area contributed by atoms with Crippen molar-refractivity contribution in [3.05, 3.63) is 24.3 Å². The second-order valence-corrected chi connectivity index (χ2v) is 7.32. The van der Waals surface area contributed by atoms with Crippen molar-refractivity contribution in [3.63, 3.8) is 0 Å². The Hall–Kier alpha value is -1.27. The summed E-state index contributed by atoms with van der Waals surface area (Å²) in [5.41, 5.74) is 1.03. The monoisotopic (exact) mass is 312 g/mol. The van der Waals surface area contributed by atoms with Crippen molar-refractivity contribution < 1.29 is 13.2 Å². The minimum Gasteiger partial charge on any atom is -0.495 e. The maximum atomic E-state index is 12.2. The molecule has 1 fully saturated rings. The van der Waals surface area contributed by atoms with Crippen LogP contribution in [0, 0.1) is 0 Å². The Morgan fingerprint density at radius 1 is 1.14 bits per heavy atom. The smallest absolute Gasteiger partial charge is 0.214 e. The Morgan fingerprint density at radius 3 is 2.43 bits per heavy atom. The van der Waals surface area contributed by atoms with E-state index in [-0.39, 0.29) is 5.75 Å². The summed E-state index contributed by atoms with van der Waals surface area (Å²) in [5.74, 6) is 1.10. The second kappa shape index (κ2) is 7.13. The molecule has 5 nitrogen and oxygen atoms in total. The molecule has 21 heavy (non-hydrogen) atoms. The van der Waals surface area contributed by atoms with Gasteiger partial charge >= 0.3 is 0 Å². The van der Waals surface area contributed by atoms with Crippen molar-refractivity contribution >= 4 is 15.7 Å². The molecule has 0 spiro atoms. The van der Waals surface area contributed by atoms with Gasteiger partial charge in [-0.05, 0) is 18.6 Å². The lowest BCUT2D eigenvalue weighted by atomic mass is 10.2. The quantitative estimate of drug-likeness (QED) is 0.805. The van der Waals surface area contributed by atoms with Crippen LogP contribution in [0.1, 0.15) is 19.8 Å². The molecule has 1 aromatic carbocycles. The van der Waals surface area contributed by atoms with E-state index in [9.17, 15) is 8.42 Å². The molecule has 1 aliphatic heterocycles. The van der Waals surface area contributed by atoms with Gasteiger partial charge in [0.25, 0.3) is 0 Å². The van der Waals surface area contributed by atoms with Crippen LogP contribution in [0.2, 0.25) is 0 Å². The minimum absolute atomic E-state index is 0.262. The Kier molecular flexibility index (Phi) is 5.47. The van der Waals surface area contributed by atoms with Crippen molar-refractivity contribution in [3.8, 4) is 5.75 Å². The van der Waals surface area contributed by atoms with Crippen LogP contribution in [0.5, 0.6) is 5.75 Å². The summed E-state index contributed by atoms with van der Waals surface area (Å²) < 4.78 is 31.4. The summed E-state index contributed by atoms with van der Waals surface area (Å²) >= 11 is 0. The molecule has 0 amide bonds. The largest absolute Gasteiger partial charge is 0.495 e. The number of benzene rings is 1. The molecule has 0 bridgehead atoms. The molecule has 1 saturated heterocycles. The van der Waals surface area contributed by atoms with Crippen molar-refractivity contribution in [1.29, 1.82) is 0 Å². The van der Waals surface area contributed by atoms with Crippen LogP contribution in [0.25, 0.3) is 0 Å². The van der Waals surface area contributed by atoms with Crippen LogP contribution in [-0.2, 0) is 10.0 Å². The van der Waals surface area contributed by atoms with Crippen LogP contribution in [0.3, 0.4) is 0 Å².